The second-order valence-corrected chi connectivity index (χ2v) is 4.41. The van der Waals surface area contributed by atoms with E-state index >= 15 is 0 Å². The van der Waals surface area contributed by atoms with Gasteiger partial charge in [-0.3, -0.25) is 19.2 Å². The molecule has 0 fully saturated rings. The molecule has 0 saturated carbocycles. The molecule has 4 amide bonds. The van der Waals surface area contributed by atoms with Gasteiger partial charge in [0.05, 0.1) is 32.2 Å². The summed E-state index contributed by atoms with van der Waals surface area (Å²) in [5.74, 6) is -4.55. The van der Waals surface area contributed by atoms with E-state index in [1.165, 1.54) is 0 Å². The van der Waals surface area contributed by atoms with Gasteiger partial charge < -0.3 is 37.6 Å². The molecule has 23 heavy (non-hydrogen) atoms. The summed E-state index contributed by atoms with van der Waals surface area (Å²) in [4.78, 5) is 55.2. The maximum absolute atomic E-state index is 11.4. The van der Waals surface area contributed by atoms with Gasteiger partial charge in [-0.05, 0) is 0 Å². The summed E-state index contributed by atoms with van der Waals surface area (Å²) in [6.45, 7) is -1.85. The van der Waals surface area contributed by atoms with Gasteiger partial charge in [-0.15, -0.1) is 0 Å². The van der Waals surface area contributed by atoms with Crippen molar-refractivity contribution in [3.63, 3.8) is 0 Å². The predicted octanol–water partition coefficient (Wildman–Crippen LogP) is -5.02. The fourth-order valence-electron chi connectivity index (χ4n) is 1.28. The number of primary amides is 1. The second kappa shape index (κ2) is 10.1. The Morgan fingerprint density at radius 2 is 1.57 bits per heavy atom. The third kappa shape index (κ3) is 9.00. The molecular weight excluding hydrogens is 314 g/mol. The van der Waals surface area contributed by atoms with E-state index in [0.717, 1.165) is 0 Å². The number of carboxylic acids is 1. The van der Waals surface area contributed by atoms with Gasteiger partial charge in [-0.25, -0.2) is 4.79 Å². The molecule has 0 rings (SSSR count). The fraction of sp³-hybridized carbons (Fsp3) is 0.545. The molecule has 0 aromatic carbocycles. The molecule has 0 spiro atoms. The number of amides is 4. The molecule has 12 heteroatoms. The van der Waals surface area contributed by atoms with Gasteiger partial charge in [-0.1, -0.05) is 0 Å². The molecule has 0 aromatic rings. The lowest BCUT2D eigenvalue weighted by molar-refractivity contribution is -0.142. The van der Waals surface area contributed by atoms with E-state index in [2.05, 4.69) is 10.6 Å². The van der Waals surface area contributed by atoms with Crippen molar-refractivity contribution in [2.45, 2.75) is 18.5 Å². The predicted molar refractivity (Wildman–Crippen MR) is 74.5 cm³/mol. The van der Waals surface area contributed by atoms with Crippen LogP contribution < -0.4 is 27.4 Å². The Balaban J connectivity index is 4.07. The minimum Gasteiger partial charge on any atom is -0.480 e. The number of aliphatic hydroxyl groups excluding tert-OH is 1. The lowest BCUT2D eigenvalue weighted by Gasteiger charge is -2.13. The summed E-state index contributed by atoms with van der Waals surface area (Å²) in [6, 6.07) is -2.67. The van der Waals surface area contributed by atoms with Crippen molar-refractivity contribution in [1.82, 2.24) is 16.0 Å². The van der Waals surface area contributed by atoms with Crippen LogP contribution in [0.2, 0.25) is 0 Å². The van der Waals surface area contributed by atoms with Crippen molar-refractivity contribution < 1.29 is 34.2 Å². The normalized spacial score (nSPS) is 12.6. The number of hydrogen-bond acceptors (Lipinski definition) is 7. The van der Waals surface area contributed by atoms with Crippen LogP contribution in [-0.4, -0.2) is 71.6 Å². The molecule has 2 atom stereocenters. The quantitative estimate of drug-likeness (QED) is 0.205. The van der Waals surface area contributed by atoms with Crippen LogP contribution >= 0.6 is 0 Å². The third-order valence-electron chi connectivity index (χ3n) is 2.44. The van der Waals surface area contributed by atoms with Crippen LogP contribution in [0.3, 0.4) is 0 Å². The second-order valence-electron chi connectivity index (χ2n) is 4.41. The highest BCUT2D eigenvalue weighted by molar-refractivity contribution is 5.92. The maximum atomic E-state index is 11.4. The first-order valence-corrected chi connectivity index (χ1v) is 6.38. The van der Waals surface area contributed by atoms with Crippen LogP contribution in [0.4, 0.5) is 0 Å². The summed E-state index contributed by atoms with van der Waals surface area (Å²) in [5, 5.41) is 23.5. The van der Waals surface area contributed by atoms with Crippen LogP contribution in [0.25, 0.3) is 0 Å². The average Bonchev–Trinajstić information content (AvgIpc) is 2.46. The van der Waals surface area contributed by atoms with E-state index in [1.807, 2.05) is 5.32 Å². The number of carbonyl (C=O) groups is 5. The van der Waals surface area contributed by atoms with Crippen LogP contribution in [0, 0.1) is 0 Å². The zero-order valence-corrected chi connectivity index (χ0v) is 12.1. The van der Waals surface area contributed by atoms with Gasteiger partial charge in [0.1, 0.15) is 6.04 Å². The topological polar surface area (TPSA) is 214 Å². The first-order chi connectivity index (χ1) is 10.7. The van der Waals surface area contributed by atoms with E-state index in [9.17, 15) is 24.0 Å². The molecule has 0 aliphatic heterocycles. The van der Waals surface area contributed by atoms with Gasteiger partial charge in [0.25, 0.3) is 0 Å². The van der Waals surface area contributed by atoms with Crippen molar-refractivity contribution in [2.24, 2.45) is 11.5 Å². The number of carbonyl (C=O) groups excluding carboxylic acids is 4. The summed E-state index contributed by atoms with van der Waals surface area (Å²) in [5.41, 5.74) is 10.2. The highest BCUT2D eigenvalue weighted by Gasteiger charge is 2.19. The molecule has 9 N–H and O–H groups in total. The molecule has 0 heterocycles. The number of aliphatic hydroxyl groups is 1. The van der Waals surface area contributed by atoms with Crippen LogP contribution in [-0.2, 0) is 24.0 Å². The van der Waals surface area contributed by atoms with Crippen molar-refractivity contribution in [1.29, 1.82) is 0 Å². The highest BCUT2D eigenvalue weighted by atomic mass is 16.4. The molecule has 0 radical (unpaired) electrons. The smallest absolute Gasteiger partial charge is 0.328 e. The average molecular weight is 333 g/mol. The van der Waals surface area contributed by atoms with Gasteiger partial charge in [0.15, 0.2) is 0 Å². The lowest BCUT2D eigenvalue weighted by Crippen LogP contribution is -2.49. The molecule has 0 aromatic heterocycles. The van der Waals surface area contributed by atoms with E-state index in [0.29, 0.717) is 0 Å². The van der Waals surface area contributed by atoms with E-state index in [-0.39, 0.29) is 6.42 Å². The Bertz CT molecular complexity index is 481. The van der Waals surface area contributed by atoms with Crippen molar-refractivity contribution in [2.75, 3.05) is 19.7 Å². The Kier molecular flexibility index (Phi) is 8.88. The molecule has 130 valence electrons. The zero-order chi connectivity index (χ0) is 18.0. The zero-order valence-electron chi connectivity index (χ0n) is 12.1. The van der Waals surface area contributed by atoms with Gasteiger partial charge >= 0.3 is 5.97 Å². The number of aliphatic carboxylic acids is 1. The van der Waals surface area contributed by atoms with Gasteiger partial charge in [0.2, 0.25) is 23.6 Å². The van der Waals surface area contributed by atoms with E-state index < -0.39 is 61.4 Å². The van der Waals surface area contributed by atoms with Crippen LogP contribution in [0.15, 0.2) is 0 Å². The Morgan fingerprint density at radius 1 is 1.00 bits per heavy atom. The van der Waals surface area contributed by atoms with Crippen molar-refractivity contribution in [3.05, 3.63) is 0 Å². The number of nitrogens with two attached hydrogens (primary N) is 2. The van der Waals surface area contributed by atoms with E-state index in [1.54, 1.807) is 0 Å². The summed E-state index contributed by atoms with van der Waals surface area (Å²) >= 11 is 0. The van der Waals surface area contributed by atoms with Crippen molar-refractivity contribution in [3.8, 4) is 0 Å². The molecule has 0 saturated heterocycles. The maximum Gasteiger partial charge on any atom is 0.328 e. The Morgan fingerprint density at radius 3 is 2.04 bits per heavy atom. The minimum atomic E-state index is -1.48. The fourth-order valence-corrected chi connectivity index (χ4v) is 1.28. The van der Waals surface area contributed by atoms with Crippen LogP contribution in [0.5, 0.6) is 0 Å². The highest BCUT2D eigenvalue weighted by Crippen LogP contribution is 1.86. The molecule has 0 aliphatic carbocycles. The van der Waals surface area contributed by atoms with Gasteiger partial charge in [-0.2, -0.15) is 0 Å². The number of nitrogens with one attached hydrogen (secondary N) is 3. The number of rotatable bonds is 10. The monoisotopic (exact) mass is 333 g/mol. The molecule has 2 unspecified atom stereocenters. The first-order valence-electron chi connectivity index (χ1n) is 6.38. The van der Waals surface area contributed by atoms with E-state index in [4.69, 9.17) is 21.7 Å². The number of hydrogen-bond donors (Lipinski definition) is 7. The Labute approximate surface area is 130 Å². The number of carboxylic acid groups (broad SMARTS) is 1. The minimum absolute atomic E-state index is 0.381. The molecule has 0 aliphatic rings. The molecule has 0 bridgehead atoms. The SMILES string of the molecule is NC(=O)CC(N)C(=O)NCC(=O)NCC(=O)NC(CO)C(=O)O. The molecular formula is C11H19N5O7. The van der Waals surface area contributed by atoms with Crippen molar-refractivity contribution >= 4 is 29.6 Å². The first kappa shape index (κ1) is 20.3. The standard InChI is InChI=1S/C11H19N5O7/c12-5(1-7(13)18)10(21)15-2-8(19)14-3-9(20)16-6(4-17)11(22)23/h5-6,17H,1-4,12H2,(H2,13,18)(H,14,19)(H,15,21)(H,16,20)(H,22,23). The third-order valence-corrected chi connectivity index (χ3v) is 2.44. The Hall–Kier alpha value is -2.73. The van der Waals surface area contributed by atoms with Gasteiger partial charge in [0, 0.05) is 0 Å². The van der Waals surface area contributed by atoms with Crippen LogP contribution in [0.1, 0.15) is 6.42 Å². The largest absolute Gasteiger partial charge is 0.480 e. The summed E-state index contributed by atoms with van der Waals surface area (Å²) < 4.78 is 0. The summed E-state index contributed by atoms with van der Waals surface area (Å²) in [7, 11) is 0. The lowest BCUT2D eigenvalue weighted by atomic mass is 10.2. The summed E-state index contributed by atoms with van der Waals surface area (Å²) in [6.07, 6.45) is -0.381. The molecule has 12 nitrogen and oxygen atoms in total.